The minimum Gasteiger partial charge on any atom is -0.508 e. The molecule has 0 spiro atoms. The van der Waals surface area contributed by atoms with Crippen LogP contribution in [0.2, 0.25) is 0 Å². The van der Waals surface area contributed by atoms with Crippen molar-refractivity contribution in [3.8, 4) is 5.75 Å². The Morgan fingerprint density at radius 1 is 1.11 bits per heavy atom. The van der Waals surface area contributed by atoms with Gasteiger partial charge in [-0.15, -0.1) is 0 Å². The number of fused-ring (bicyclic) bond motifs is 5. The van der Waals surface area contributed by atoms with Crippen LogP contribution in [0.5, 0.6) is 5.75 Å². The summed E-state index contributed by atoms with van der Waals surface area (Å²) in [4.78, 5) is 29.1. The highest BCUT2D eigenvalue weighted by Gasteiger charge is 2.57. The normalized spacial score (nSPS) is 24.7. The van der Waals surface area contributed by atoms with Crippen molar-refractivity contribution in [3.63, 3.8) is 0 Å². The highest BCUT2D eigenvalue weighted by molar-refractivity contribution is 5.94. The summed E-state index contributed by atoms with van der Waals surface area (Å²) in [6.45, 7) is 7.72. The molecule has 1 aliphatic carbocycles. The number of benzene rings is 2. The Hall–Kier alpha value is -3.03. The Morgan fingerprint density at radius 3 is 2.58 bits per heavy atom. The number of phenolic OH excluding ortho intramolecular Hbond substituents is 1. The topological polar surface area (TPSA) is 60.9 Å². The molecule has 0 aromatic heterocycles. The van der Waals surface area contributed by atoms with E-state index in [4.69, 9.17) is 0 Å². The standard InChI is InChI=1S/C28H31F3N2O3/c1-26(2)23-16-19-20(7-4-8-22(19)34)27(26,3)11-13-33(23)25(36)32-12-5-6-18-14-17(9-10-21(18)32)15-24(35)28(29,30)31/h4,7-10,14,23,34H,5-6,11-13,15-16H2,1-3H3/t23-,27-/m0/s1. The van der Waals surface area contributed by atoms with Gasteiger partial charge in [0.1, 0.15) is 5.75 Å². The number of aryl methyl sites for hydroxylation is 1. The fourth-order valence-electron chi connectivity index (χ4n) is 6.55. The van der Waals surface area contributed by atoms with E-state index in [0.29, 0.717) is 43.6 Å². The molecule has 0 radical (unpaired) electrons. The maximum atomic E-state index is 14.0. The van der Waals surface area contributed by atoms with Crippen LogP contribution >= 0.6 is 0 Å². The number of anilines is 1. The number of halogens is 3. The van der Waals surface area contributed by atoms with Gasteiger partial charge in [0.2, 0.25) is 5.78 Å². The molecule has 0 unspecified atom stereocenters. The Balaban J connectivity index is 1.45. The van der Waals surface area contributed by atoms with Crippen LogP contribution in [0.25, 0.3) is 0 Å². The molecule has 1 N–H and O–H groups in total. The largest absolute Gasteiger partial charge is 0.508 e. The van der Waals surface area contributed by atoms with Crippen LogP contribution in [-0.2, 0) is 29.5 Å². The summed E-state index contributed by atoms with van der Waals surface area (Å²) >= 11 is 0. The van der Waals surface area contributed by atoms with Crippen molar-refractivity contribution < 1.29 is 27.9 Å². The number of carbonyl (C=O) groups excluding carboxylic acids is 2. The minimum atomic E-state index is -4.86. The van der Waals surface area contributed by atoms with Gasteiger partial charge in [-0.25, -0.2) is 4.79 Å². The molecule has 192 valence electrons. The third kappa shape index (κ3) is 3.68. The molecule has 1 saturated heterocycles. The number of aromatic hydroxyl groups is 1. The number of ketones is 1. The number of carbonyl (C=O) groups is 2. The van der Waals surface area contributed by atoms with E-state index in [9.17, 15) is 27.9 Å². The van der Waals surface area contributed by atoms with Gasteiger partial charge in [0.05, 0.1) is 0 Å². The summed E-state index contributed by atoms with van der Waals surface area (Å²) in [6.07, 6.45) is -2.90. The molecular formula is C28H31F3N2O3. The zero-order chi connectivity index (χ0) is 26.0. The van der Waals surface area contributed by atoms with Crippen LogP contribution in [-0.4, -0.2) is 47.1 Å². The van der Waals surface area contributed by atoms with Crippen molar-refractivity contribution in [1.29, 1.82) is 0 Å². The molecule has 0 saturated carbocycles. The molecule has 5 rings (SSSR count). The summed E-state index contributed by atoms with van der Waals surface area (Å²) in [5, 5.41) is 10.6. The third-order valence-electron chi connectivity index (χ3n) is 9.05. The minimum absolute atomic E-state index is 0.112. The quantitative estimate of drug-likeness (QED) is 0.588. The predicted molar refractivity (Wildman–Crippen MR) is 130 cm³/mol. The number of alkyl halides is 3. The first-order valence-electron chi connectivity index (χ1n) is 12.5. The molecule has 8 heteroatoms. The molecule has 2 atom stereocenters. The lowest BCUT2D eigenvalue weighted by Crippen LogP contribution is -2.66. The van der Waals surface area contributed by atoms with Crippen LogP contribution in [0.15, 0.2) is 36.4 Å². The van der Waals surface area contributed by atoms with Crippen LogP contribution in [0.4, 0.5) is 23.7 Å². The maximum absolute atomic E-state index is 14.0. The summed E-state index contributed by atoms with van der Waals surface area (Å²) < 4.78 is 38.2. The van der Waals surface area contributed by atoms with Crippen molar-refractivity contribution >= 4 is 17.5 Å². The van der Waals surface area contributed by atoms with Crippen LogP contribution in [0, 0.1) is 5.41 Å². The Morgan fingerprint density at radius 2 is 1.86 bits per heavy atom. The molecule has 2 aromatic carbocycles. The number of piperidine rings is 1. The summed E-state index contributed by atoms with van der Waals surface area (Å²) in [7, 11) is 0. The van der Waals surface area contributed by atoms with E-state index in [-0.39, 0.29) is 28.7 Å². The smallest absolute Gasteiger partial charge is 0.450 e. The average Bonchev–Trinajstić information content (AvgIpc) is 2.80. The number of hydrogen-bond acceptors (Lipinski definition) is 3. The number of rotatable bonds is 2. The SMILES string of the molecule is CC1(C)[C@@H]2Cc3c(O)cccc3[C@]1(C)CCN2C(=O)N1CCCc2cc(CC(=O)C(F)(F)F)ccc21. The van der Waals surface area contributed by atoms with E-state index < -0.39 is 18.4 Å². The fraction of sp³-hybridized carbons (Fsp3) is 0.500. The summed E-state index contributed by atoms with van der Waals surface area (Å²) in [5.41, 5.74) is 3.41. The van der Waals surface area contributed by atoms with Crippen molar-refractivity contribution in [2.45, 2.75) is 70.5 Å². The van der Waals surface area contributed by atoms with Gasteiger partial charge in [0, 0.05) is 36.7 Å². The second-order valence-corrected chi connectivity index (χ2v) is 11.1. The summed E-state index contributed by atoms with van der Waals surface area (Å²) in [6, 6.07) is 10.3. The fourth-order valence-corrected chi connectivity index (χ4v) is 6.55. The molecule has 2 bridgehead atoms. The third-order valence-corrected chi connectivity index (χ3v) is 9.05. The van der Waals surface area contributed by atoms with Gasteiger partial charge in [-0.2, -0.15) is 13.2 Å². The number of Topliss-reactive ketones (excluding diaryl/α,β-unsaturated/α-hetero) is 1. The number of phenols is 1. The number of urea groups is 1. The Bertz CT molecular complexity index is 1240. The average molecular weight is 501 g/mol. The first-order chi connectivity index (χ1) is 16.8. The number of hydrogen-bond donors (Lipinski definition) is 1. The van der Waals surface area contributed by atoms with Crippen molar-refractivity contribution in [1.82, 2.24) is 4.90 Å². The lowest BCUT2D eigenvalue weighted by molar-refractivity contribution is -0.170. The second-order valence-electron chi connectivity index (χ2n) is 11.1. The molecular weight excluding hydrogens is 469 g/mol. The molecule has 2 aromatic rings. The van der Waals surface area contributed by atoms with E-state index >= 15 is 0 Å². The first kappa shape index (κ1) is 24.7. The van der Waals surface area contributed by atoms with Gasteiger partial charge in [-0.1, -0.05) is 45.0 Å². The molecule has 1 fully saturated rings. The van der Waals surface area contributed by atoms with Crippen molar-refractivity contribution in [2.75, 3.05) is 18.0 Å². The lowest BCUT2D eigenvalue weighted by Gasteiger charge is -2.61. The summed E-state index contributed by atoms with van der Waals surface area (Å²) in [5.74, 6) is -1.51. The van der Waals surface area contributed by atoms with Gasteiger partial charge in [-0.3, -0.25) is 9.69 Å². The highest BCUT2D eigenvalue weighted by atomic mass is 19.4. The van der Waals surface area contributed by atoms with Crippen LogP contribution in [0.3, 0.4) is 0 Å². The number of nitrogens with zero attached hydrogens (tertiary/aromatic N) is 2. The zero-order valence-electron chi connectivity index (χ0n) is 20.8. The first-order valence-corrected chi connectivity index (χ1v) is 12.5. The predicted octanol–water partition coefficient (Wildman–Crippen LogP) is 5.55. The molecule has 2 heterocycles. The molecule has 3 aliphatic rings. The highest BCUT2D eigenvalue weighted by Crippen LogP contribution is 2.57. The van der Waals surface area contributed by atoms with Gasteiger partial charge >= 0.3 is 12.2 Å². The van der Waals surface area contributed by atoms with E-state index in [2.05, 4.69) is 26.8 Å². The van der Waals surface area contributed by atoms with Gasteiger partial charge < -0.3 is 10.0 Å². The zero-order valence-corrected chi connectivity index (χ0v) is 20.8. The maximum Gasteiger partial charge on any atom is 0.450 e. The van der Waals surface area contributed by atoms with E-state index in [1.165, 1.54) is 6.07 Å². The van der Waals surface area contributed by atoms with E-state index in [1.807, 2.05) is 11.0 Å². The van der Waals surface area contributed by atoms with E-state index in [1.54, 1.807) is 23.1 Å². The number of amides is 2. The second kappa shape index (κ2) is 8.25. The Labute approximate surface area is 208 Å². The Kier molecular flexibility index (Phi) is 5.65. The van der Waals surface area contributed by atoms with E-state index in [0.717, 1.165) is 23.1 Å². The van der Waals surface area contributed by atoms with Crippen molar-refractivity contribution in [2.24, 2.45) is 5.41 Å². The molecule has 2 aliphatic heterocycles. The van der Waals surface area contributed by atoms with Crippen LogP contribution < -0.4 is 4.90 Å². The molecule has 36 heavy (non-hydrogen) atoms. The lowest BCUT2D eigenvalue weighted by atomic mass is 9.51. The number of likely N-dealkylation sites (tertiary alicyclic amines) is 1. The van der Waals surface area contributed by atoms with Gasteiger partial charge in [0.25, 0.3) is 0 Å². The monoisotopic (exact) mass is 500 g/mol. The molecule has 5 nitrogen and oxygen atoms in total. The van der Waals surface area contributed by atoms with Gasteiger partial charge in [-0.05, 0) is 65.5 Å². The van der Waals surface area contributed by atoms with Crippen LogP contribution in [0.1, 0.15) is 55.9 Å². The molecule has 2 amide bonds. The van der Waals surface area contributed by atoms with Gasteiger partial charge in [0.15, 0.2) is 0 Å². The van der Waals surface area contributed by atoms with Crippen molar-refractivity contribution in [3.05, 3.63) is 58.7 Å².